The third-order valence-corrected chi connectivity index (χ3v) is 4.48. The summed E-state index contributed by atoms with van der Waals surface area (Å²) in [5, 5.41) is 17.0. The number of rotatable bonds is 6. The van der Waals surface area contributed by atoms with Gasteiger partial charge in [0.2, 0.25) is 0 Å². The zero-order valence-corrected chi connectivity index (χ0v) is 13.9. The quantitative estimate of drug-likeness (QED) is 0.540. The van der Waals surface area contributed by atoms with Gasteiger partial charge in [0, 0.05) is 29.5 Å². The van der Waals surface area contributed by atoms with E-state index in [1.54, 1.807) is 24.3 Å². The van der Waals surface area contributed by atoms with Crippen molar-refractivity contribution in [2.75, 3.05) is 11.9 Å². The molecule has 2 heterocycles. The van der Waals surface area contributed by atoms with E-state index < -0.39 is 4.92 Å². The zero-order chi connectivity index (χ0) is 16.9. The summed E-state index contributed by atoms with van der Waals surface area (Å²) in [6.45, 7) is 2.37. The number of aromatic nitrogens is 2. The van der Waals surface area contributed by atoms with Crippen LogP contribution in [0, 0.1) is 17.0 Å². The molecule has 0 saturated heterocycles. The number of hydrogen-bond donors (Lipinski definition) is 1. The fourth-order valence-electron chi connectivity index (χ4n) is 2.29. The summed E-state index contributed by atoms with van der Waals surface area (Å²) < 4.78 is 0. The van der Waals surface area contributed by atoms with E-state index in [4.69, 9.17) is 0 Å². The smallest absolute Gasteiger partial charge is 0.290 e. The van der Waals surface area contributed by atoms with Crippen LogP contribution >= 0.6 is 11.3 Å². The molecule has 0 radical (unpaired) electrons. The minimum atomic E-state index is -0.424. The highest BCUT2D eigenvalue weighted by Gasteiger charge is 2.11. The molecule has 24 heavy (non-hydrogen) atoms. The molecular weight excluding hydrogens is 324 g/mol. The summed E-state index contributed by atoms with van der Waals surface area (Å²) >= 11 is 1.63. The first-order valence-corrected chi connectivity index (χ1v) is 8.36. The molecule has 0 unspecified atom stereocenters. The highest BCUT2D eigenvalue weighted by atomic mass is 32.1. The Kier molecular flexibility index (Phi) is 4.81. The second kappa shape index (κ2) is 7.18. The van der Waals surface area contributed by atoms with E-state index in [2.05, 4.69) is 20.7 Å². The van der Waals surface area contributed by atoms with Crippen molar-refractivity contribution in [3.8, 4) is 10.6 Å². The molecular formula is C17H16N4O2S. The number of hydrogen-bond acceptors (Lipinski definition) is 6. The highest BCUT2D eigenvalue weighted by Crippen LogP contribution is 2.23. The van der Waals surface area contributed by atoms with Gasteiger partial charge < -0.3 is 5.32 Å². The first kappa shape index (κ1) is 16.1. The van der Waals surface area contributed by atoms with Crippen LogP contribution in [0.3, 0.4) is 0 Å². The number of nitro groups is 1. The van der Waals surface area contributed by atoms with Crippen molar-refractivity contribution in [3.05, 3.63) is 69.3 Å². The summed E-state index contributed by atoms with van der Waals surface area (Å²) in [6, 6.07) is 11.8. The van der Waals surface area contributed by atoms with Crippen molar-refractivity contribution >= 4 is 22.8 Å². The summed E-state index contributed by atoms with van der Waals surface area (Å²) in [4.78, 5) is 19.1. The molecule has 3 aromatic rings. The Hall–Kier alpha value is -2.80. The van der Waals surface area contributed by atoms with Crippen LogP contribution < -0.4 is 5.32 Å². The van der Waals surface area contributed by atoms with E-state index in [1.807, 2.05) is 30.3 Å². The number of nitrogens with one attached hydrogen (secondary N) is 1. The molecule has 2 aromatic heterocycles. The maximum absolute atomic E-state index is 10.8. The Labute approximate surface area is 143 Å². The Morgan fingerprint density at radius 1 is 1.29 bits per heavy atom. The predicted octanol–water partition coefficient (Wildman–Crippen LogP) is 4.08. The SMILES string of the molecule is Cc1cc(NCCc2csc(-c3ccccc3)n2)ncc1[N+](=O)[O-]. The van der Waals surface area contributed by atoms with Crippen LogP contribution in [-0.4, -0.2) is 21.4 Å². The number of pyridine rings is 1. The molecule has 0 spiro atoms. The number of aryl methyl sites for hydroxylation is 1. The average molecular weight is 340 g/mol. The van der Waals surface area contributed by atoms with Crippen molar-refractivity contribution in [1.29, 1.82) is 0 Å². The molecule has 0 atom stereocenters. The summed E-state index contributed by atoms with van der Waals surface area (Å²) in [5.41, 5.74) is 2.77. The third kappa shape index (κ3) is 3.75. The van der Waals surface area contributed by atoms with Gasteiger partial charge in [-0.15, -0.1) is 11.3 Å². The molecule has 1 N–H and O–H groups in total. The van der Waals surface area contributed by atoms with Gasteiger partial charge in [0.05, 0.1) is 10.6 Å². The maximum Gasteiger partial charge on any atom is 0.290 e. The predicted molar refractivity (Wildman–Crippen MR) is 95.4 cm³/mol. The number of anilines is 1. The molecule has 0 aliphatic heterocycles. The Morgan fingerprint density at radius 3 is 2.79 bits per heavy atom. The highest BCUT2D eigenvalue weighted by molar-refractivity contribution is 7.13. The van der Waals surface area contributed by atoms with Crippen LogP contribution in [0.4, 0.5) is 11.5 Å². The Balaban J connectivity index is 1.58. The molecule has 0 bridgehead atoms. The van der Waals surface area contributed by atoms with E-state index in [0.29, 0.717) is 17.9 Å². The number of benzene rings is 1. The van der Waals surface area contributed by atoms with Gasteiger partial charge >= 0.3 is 0 Å². The largest absolute Gasteiger partial charge is 0.370 e. The summed E-state index contributed by atoms with van der Waals surface area (Å²) in [5.74, 6) is 0.636. The summed E-state index contributed by atoms with van der Waals surface area (Å²) in [7, 11) is 0. The molecule has 1 aromatic carbocycles. The van der Waals surface area contributed by atoms with E-state index in [-0.39, 0.29) is 5.69 Å². The minimum Gasteiger partial charge on any atom is -0.370 e. The second-order valence-corrected chi connectivity index (χ2v) is 6.16. The van der Waals surface area contributed by atoms with Gasteiger partial charge in [-0.2, -0.15) is 0 Å². The molecule has 0 fully saturated rings. The van der Waals surface area contributed by atoms with E-state index in [9.17, 15) is 10.1 Å². The Morgan fingerprint density at radius 2 is 2.08 bits per heavy atom. The van der Waals surface area contributed by atoms with Gasteiger partial charge in [0.15, 0.2) is 0 Å². The van der Waals surface area contributed by atoms with Crippen molar-refractivity contribution in [2.45, 2.75) is 13.3 Å². The zero-order valence-electron chi connectivity index (χ0n) is 13.1. The molecule has 0 saturated carbocycles. The third-order valence-electron chi connectivity index (χ3n) is 3.54. The molecule has 0 amide bonds. The fraction of sp³-hybridized carbons (Fsp3) is 0.176. The topological polar surface area (TPSA) is 81.0 Å². The van der Waals surface area contributed by atoms with Gasteiger partial charge in [-0.3, -0.25) is 10.1 Å². The lowest BCUT2D eigenvalue weighted by atomic mass is 10.2. The first-order chi connectivity index (χ1) is 11.6. The summed E-state index contributed by atoms with van der Waals surface area (Å²) in [6.07, 6.45) is 2.05. The lowest BCUT2D eigenvalue weighted by molar-refractivity contribution is -0.385. The van der Waals surface area contributed by atoms with Gasteiger partial charge in [0.1, 0.15) is 17.0 Å². The average Bonchev–Trinajstić information content (AvgIpc) is 3.04. The molecule has 7 heteroatoms. The van der Waals surface area contributed by atoms with E-state index in [0.717, 1.165) is 22.7 Å². The van der Waals surface area contributed by atoms with E-state index >= 15 is 0 Å². The van der Waals surface area contributed by atoms with Crippen molar-refractivity contribution in [2.24, 2.45) is 0 Å². The van der Waals surface area contributed by atoms with E-state index in [1.165, 1.54) is 6.20 Å². The van der Waals surface area contributed by atoms with Crippen LogP contribution in [-0.2, 0) is 6.42 Å². The molecule has 122 valence electrons. The lowest BCUT2D eigenvalue weighted by Gasteiger charge is -2.05. The minimum absolute atomic E-state index is 0.0348. The molecule has 0 aliphatic carbocycles. The molecule has 6 nitrogen and oxygen atoms in total. The van der Waals surface area contributed by atoms with Crippen LogP contribution in [0.15, 0.2) is 48.0 Å². The second-order valence-electron chi connectivity index (χ2n) is 5.30. The van der Waals surface area contributed by atoms with Crippen LogP contribution in [0.2, 0.25) is 0 Å². The van der Waals surface area contributed by atoms with Gasteiger partial charge in [-0.25, -0.2) is 9.97 Å². The van der Waals surface area contributed by atoms with Gasteiger partial charge in [-0.1, -0.05) is 30.3 Å². The fourth-order valence-corrected chi connectivity index (χ4v) is 3.15. The normalized spacial score (nSPS) is 10.5. The van der Waals surface area contributed by atoms with Crippen molar-refractivity contribution in [3.63, 3.8) is 0 Å². The van der Waals surface area contributed by atoms with Crippen LogP contribution in [0.25, 0.3) is 10.6 Å². The standard InChI is InChI=1S/C17H16N4O2S/c1-12-9-16(19-10-15(12)21(22)23)18-8-7-14-11-24-17(20-14)13-5-3-2-4-6-13/h2-6,9-11H,7-8H2,1H3,(H,18,19). The van der Waals surface area contributed by atoms with Gasteiger partial charge in [-0.05, 0) is 13.0 Å². The number of nitrogens with zero attached hydrogens (tertiary/aromatic N) is 3. The van der Waals surface area contributed by atoms with Crippen LogP contribution in [0.5, 0.6) is 0 Å². The van der Waals surface area contributed by atoms with Crippen molar-refractivity contribution in [1.82, 2.24) is 9.97 Å². The number of thiazole rings is 1. The lowest BCUT2D eigenvalue weighted by Crippen LogP contribution is -2.07. The molecule has 3 rings (SSSR count). The van der Waals surface area contributed by atoms with Gasteiger partial charge in [0.25, 0.3) is 5.69 Å². The maximum atomic E-state index is 10.8. The monoisotopic (exact) mass is 340 g/mol. The molecule has 0 aliphatic rings. The van der Waals surface area contributed by atoms with Crippen molar-refractivity contribution < 1.29 is 4.92 Å². The first-order valence-electron chi connectivity index (χ1n) is 7.48. The van der Waals surface area contributed by atoms with Crippen LogP contribution in [0.1, 0.15) is 11.3 Å². The Bertz CT molecular complexity index is 849.